The van der Waals surface area contributed by atoms with E-state index in [1.165, 1.54) is 4.90 Å². The maximum atomic E-state index is 12.8. The van der Waals surface area contributed by atoms with Gasteiger partial charge in [-0.1, -0.05) is 60.7 Å². The fourth-order valence-electron chi connectivity index (χ4n) is 3.25. The Hall–Kier alpha value is -2.78. The Morgan fingerprint density at radius 3 is 2.28 bits per heavy atom. The van der Waals surface area contributed by atoms with Crippen molar-refractivity contribution in [1.82, 2.24) is 4.90 Å². The van der Waals surface area contributed by atoms with E-state index >= 15 is 0 Å². The van der Waals surface area contributed by atoms with Gasteiger partial charge in [-0.3, -0.25) is 14.5 Å². The van der Waals surface area contributed by atoms with Crippen LogP contribution in [0.25, 0.3) is 6.08 Å². The van der Waals surface area contributed by atoms with Crippen LogP contribution in [-0.2, 0) is 17.9 Å². The monoisotopic (exact) mass is 557 g/mol. The van der Waals surface area contributed by atoms with Gasteiger partial charge in [-0.05, 0) is 69.3 Å². The molecular formula is C25H20INO4S. The number of nitrogens with zero attached hydrogens (tertiary/aromatic N) is 1. The molecule has 0 spiro atoms. The van der Waals surface area contributed by atoms with Gasteiger partial charge in [0.15, 0.2) is 11.5 Å². The number of hydrogen-bond donors (Lipinski definition) is 0. The first-order chi connectivity index (χ1) is 15.5. The number of benzene rings is 3. The molecule has 3 aromatic rings. The summed E-state index contributed by atoms with van der Waals surface area (Å²) in [4.78, 5) is 26.9. The largest absolute Gasteiger partial charge is 0.493 e. The molecule has 1 aliphatic rings. The maximum absolute atomic E-state index is 12.8. The van der Waals surface area contributed by atoms with Crippen molar-refractivity contribution >= 4 is 51.6 Å². The van der Waals surface area contributed by atoms with Gasteiger partial charge in [0.25, 0.3) is 11.1 Å². The zero-order chi connectivity index (χ0) is 22.5. The molecule has 0 aliphatic carbocycles. The zero-order valence-corrected chi connectivity index (χ0v) is 20.3. The highest BCUT2D eigenvalue weighted by molar-refractivity contribution is 14.1. The Morgan fingerprint density at radius 1 is 0.969 bits per heavy atom. The number of imide groups is 1. The van der Waals surface area contributed by atoms with Crippen molar-refractivity contribution in [2.75, 3.05) is 7.11 Å². The quantitative estimate of drug-likeness (QED) is 0.259. The molecule has 7 heteroatoms. The molecule has 0 aromatic heterocycles. The molecule has 0 N–H and O–H groups in total. The van der Waals surface area contributed by atoms with Crippen LogP contribution in [0.3, 0.4) is 0 Å². The predicted molar refractivity (Wildman–Crippen MR) is 134 cm³/mol. The van der Waals surface area contributed by atoms with Crippen molar-refractivity contribution in [3.05, 3.63) is 98.0 Å². The minimum atomic E-state index is -0.290. The lowest BCUT2D eigenvalue weighted by Crippen LogP contribution is -2.27. The van der Waals surface area contributed by atoms with Crippen LogP contribution in [0.2, 0.25) is 0 Å². The van der Waals surface area contributed by atoms with Crippen molar-refractivity contribution in [1.29, 1.82) is 0 Å². The number of amides is 2. The molecule has 162 valence electrons. The number of thioether (sulfide) groups is 1. The van der Waals surface area contributed by atoms with Crippen molar-refractivity contribution in [3.63, 3.8) is 0 Å². The summed E-state index contributed by atoms with van der Waals surface area (Å²) in [5, 5.41) is -0.269. The summed E-state index contributed by atoms with van der Waals surface area (Å²) in [5.74, 6) is 0.927. The minimum absolute atomic E-state index is 0.260. The van der Waals surface area contributed by atoms with Gasteiger partial charge < -0.3 is 9.47 Å². The molecule has 0 unspecified atom stereocenters. The molecule has 2 amide bonds. The van der Waals surface area contributed by atoms with Gasteiger partial charge in [0.2, 0.25) is 0 Å². The molecule has 1 fully saturated rings. The van der Waals surface area contributed by atoms with E-state index in [-0.39, 0.29) is 17.7 Å². The SMILES string of the molecule is COc1cc(/C=C2/SC(=O)N(Cc3ccccc3)C2=O)cc(I)c1OCc1ccccc1. The smallest absolute Gasteiger partial charge is 0.293 e. The molecule has 4 rings (SSSR count). The average molecular weight is 557 g/mol. The van der Waals surface area contributed by atoms with Gasteiger partial charge in [-0.15, -0.1) is 0 Å². The van der Waals surface area contributed by atoms with Gasteiger partial charge >= 0.3 is 0 Å². The maximum Gasteiger partial charge on any atom is 0.293 e. The third-order valence-corrected chi connectivity index (χ3v) is 6.54. The molecule has 5 nitrogen and oxygen atoms in total. The van der Waals surface area contributed by atoms with Crippen LogP contribution in [0.5, 0.6) is 11.5 Å². The third kappa shape index (κ3) is 5.16. The van der Waals surface area contributed by atoms with Crippen molar-refractivity contribution in [2.45, 2.75) is 13.2 Å². The van der Waals surface area contributed by atoms with Gasteiger partial charge in [0, 0.05) is 0 Å². The Bertz CT molecular complexity index is 1170. The van der Waals surface area contributed by atoms with Crippen LogP contribution < -0.4 is 9.47 Å². The van der Waals surface area contributed by atoms with E-state index in [0.29, 0.717) is 23.0 Å². The van der Waals surface area contributed by atoms with Gasteiger partial charge in [-0.2, -0.15) is 0 Å². The van der Waals surface area contributed by atoms with Crippen molar-refractivity contribution in [2.24, 2.45) is 0 Å². The second kappa shape index (κ2) is 10.2. The molecule has 1 aliphatic heterocycles. The molecule has 0 saturated carbocycles. The molecule has 1 heterocycles. The highest BCUT2D eigenvalue weighted by Crippen LogP contribution is 2.38. The van der Waals surface area contributed by atoms with Crippen LogP contribution in [-0.4, -0.2) is 23.2 Å². The van der Waals surface area contributed by atoms with E-state index in [1.54, 1.807) is 13.2 Å². The highest BCUT2D eigenvalue weighted by Gasteiger charge is 2.35. The molecule has 0 radical (unpaired) electrons. The number of hydrogen-bond acceptors (Lipinski definition) is 5. The van der Waals surface area contributed by atoms with E-state index in [0.717, 1.165) is 32.0 Å². The fourth-order valence-corrected chi connectivity index (χ4v) is 4.87. The summed E-state index contributed by atoms with van der Waals surface area (Å²) in [6.45, 7) is 0.681. The van der Waals surface area contributed by atoms with E-state index in [9.17, 15) is 9.59 Å². The summed E-state index contributed by atoms with van der Waals surface area (Å²) < 4.78 is 12.4. The van der Waals surface area contributed by atoms with Crippen LogP contribution in [0.4, 0.5) is 4.79 Å². The fraction of sp³-hybridized carbons (Fsp3) is 0.120. The van der Waals surface area contributed by atoms with E-state index in [2.05, 4.69) is 22.6 Å². The number of ether oxygens (including phenoxy) is 2. The normalized spacial score (nSPS) is 14.8. The predicted octanol–water partition coefficient (Wildman–Crippen LogP) is 6.12. The molecule has 3 aromatic carbocycles. The lowest BCUT2D eigenvalue weighted by molar-refractivity contribution is -0.123. The second-order valence-electron chi connectivity index (χ2n) is 7.06. The van der Waals surface area contributed by atoms with Crippen LogP contribution >= 0.6 is 34.4 Å². The Balaban J connectivity index is 1.54. The number of carbonyl (C=O) groups excluding carboxylic acids is 2. The molecule has 1 saturated heterocycles. The number of rotatable bonds is 7. The van der Waals surface area contributed by atoms with Gasteiger partial charge in [0.1, 0.15) is 6.61 Å². The number of carbonyl (C=O) groups is 2. The second-order valence-corrected chi connectivity index (χ2v) is 9.22. The molecule has 0 bridgehead atoms. The Labute approximate surface area is 204 Å². The van der Waals surface area contributed by atoms with Crippen LogP contribution in [0, 0.1) is 3.57 Å². The molecular weight excluding hydrogens is 537 g/mol. The van der Waals surface area contributed by atoms with E-state index in [4.69, 9.17) is 9.47 Å². The lowest BCUT2D eigenvalue weighted by atomic mass is 10.1. The Kier molecular flexibility index (Phi) is 7.16. The van der Waals surface area contributed by atoms with Crippen LogP contribution in [0.15, 0.2) is 77.7 Å². The van der Waals surface area contributed by atoms with E-state index < -0.39 is 0 Å². The first-order valence-electron chi connectivity index (χ1n) is 9.88. The first kappa shape index (κ1) is 22.4. The van der Waals surface area contributed by atoms with Gasteiger partial charge in [0.05, 0.1) is 22.1 Å². The van der Waals surface area contributed by atoms with Crippen LogP contribution in [0.1, 0.15) is 16.7 Å². The topological polar surface area (TPSA) is 55.8 Å². The summed E-state index contributed by atoms with van der Waals surface area (Å²) in [6, 6.07) is 23.1. The minimum Gasteiger partial charge on any atom is -0.493 e. The number of methoxy groups -OCH3 is 1. The lowest BCUT2D eigenvalue weighted by Gasteiger charge is -2.14. The molecule has 0 atom stereocenters. The first-order valence-corrected chi connectivity index (χ1v) is 11.8. The Morgan fingerprint density at radius 2 is 1.62 bits per heavy atom. The summed E-state index contributed by atoms with van der Waals surface area (Å²) >= 11 is 3.14. The summed E-state index contributed by atoms with van der Waals surface area (Å²) in [7, 11) is 1.58. The van der Waals surface area contributed by atoms with Gasteiger partial charge in [-0.25, -0.2) is 0 Å². The summed E-state index contributed by atoms with van der Waals surface area (Å²) in [5.41, 5.74) is 2.73. The standard InChI is InChI=1S/C25H20INO4S/c1-30-21-13-19(12-20(26)23(21)31-16-18-10-6-3-7-11-18)14-22-24(28)27(25(29)32-22)15-17-8-4-2-5-9-17/h2-14H,15-16H2,1H3/b22-14+. The van der Waals surface area contributed by atoms with Crippen molar-refractivity contribution < 1.29 is 19.1 Å². The highest BCUT2D eigenvalue weighted by atomic mass is 127. The zero-order valence-electron chi connectivity index (χ0n) is 17.3. The molecule has 32 heavy (non-hydrogen) atoms. The summed E-state index contributed by atoms with van der Waals surface area (Å²) in [6.07, 6.45) is 1.72. The van der Waals surface area contributed by atoms with E-state index in [1.807, 2.05) is 72.8 Å². The third-order valence-electron chi connectivity index (χ3n) is 4.83. The average Bonchev–Trinajstić information content (AvgIpc) is 3.06. The number of halogens is 1. The van der Waals surface area contributed by atoms with Crippen molar-refractivity contribution in [3.8, 4) is 11.5 Å².